The predicted molar refractivity (Wildman–Crippen MR) is 104 cm³/mol. The van der Waals surface area contributed by atoms with Crippen molar-refractivity contribution >= 4 is 5.71 Å². The second-order valence-corrected chi connectivity index (χ2v) is 7.03. The Hall–Kier alpha value is -3.41. The fraction of sp³-hybridized carbons (Fsp3) is 0.227. The summed E-state index contributed by atoms with van der Waals surface area (Å²) in [6.07, 6.45) is 1.77. The highest BCUT2D eigenvalue weighted by Gasteiger charge is 2.43. The van der Waals surface area contributed by atoms with Crippen molar-refractivity contribution in [3.05, 3.63) is 77.2 Å². The molecule has 2 aliphatic rings. The Bertz CT molecular complexity index is 1060. The minimum absolute atomic E-state index is 0.0381. The molecule has 0 amide bonds. The highest BCUT2D eigenvalue weighted by Crippen LogP contribution is 2.51. The molecule has 5 rings (SSSR count). The van der Waals surface area contributed by atoms with Crippen LogP contribution in [-0.2, 0) is 0 Å². The summed E-state index contributed by atoms with van der Waals surface area (Å²) in [6, 6.07) is 15.1. The fourth-order valence-corrected chi connectivity index (χ4v) is 3.91. The maximum Gasteiger partial charge on any atom is 0.246 e. The van der Waals surface area contributed by atoms with E-state index in [1.54, 1.807) is 19.4 Å². The zero-order chi connectivity index (χ0) is 19.3. The molecule has 0 bridgehead atoms. The largest absolute Gasteiger partial charge is 0.507 e. The van der Waals surface area contributed by atoms with Gasteiger partial charge in [-0.15, -0.1) is 0 Å². The standard InChI is InChI=1S/C22H20N2O4/c1-13-8-9-18(25)15(11-13)16-12-17-14-5-3-6-19(26-2)21(14)28-22(24(17)23-16)20-7-4-10-27-20/h3-11,17,22,25H,12H2,1-2H3/t17-,22+/m1/s1. The zero-order valence-corrected chi connectivity index (χ0v) is 15.6. The molecule has 1 aromatic heterocycles. The lowest BCUT2D eigenvalue weighted by molar-refractivity contribution is -0.0342. The van der Waals surface area contributed by atoms with E-state index in [-0.39, 0.29) is 11.8 Å². The zero-order valence-electron chi connectivity index (χ0n) is 15.6. The molecule has 3 heterocycles. The fourth-order valence-electron chi connectivity index (χ4n) is 3.91. The van der Waals surface area contributed by atoms with Gasteiger partial charge in [-0.3, -0.25) is 0 Å². The van der Waals surface area contributed by atoms with Crippen LogP contribution in [0.2, 0.25) is 0 Å². The maximum absolute atomic E-state index is 10.4. The first kappa shape index (κ1) is 16.7. The van der Waals surface area contributed by atoms with Gasteiger partial charge in [-0.2, -0.15) is 5.10 Å². The topological polar surface area (TPSA) is 67.4 Å². The number of hydrazone groups is 1. The van der Waals surface area contributed by atoms with Crippen LogP contribution >= 0.6 is 0 Å². The van der Waals surface area contributed by atoms with Gasteiger partial charge in [0.05, 0.1) is 25.1 Å². The summed E-state index contributed by atoms with van der Waals surface area (Å²) in [5, 5.41) is 17.1. The molecule has 6 heteroatoms. The van der Waals surface area contributed by atoms with E-state index in [1.165, 1.54) is 0 Å². The summed E-state index contributed by atoms with van der Waals surface area (Å²) >= 11 is 0. The van der Waals surface area contributed by atoms with Crippen molar-refractivity contribution in [1.82, 2.24) is 5.01 Å². The van der Waals surface area contributed by atoms with Crippen LogP contribution < -0.4 is 9.47 Å². The third-order valence-electron chi connectivity index (χ3n) is 5.25. The number of ether oxygens (including phenoxy) is 2. The van der Waals surface area contributed by atoms with Crippen LogP contribution in [0.3, 0.4) is 0 Å². The number of benzene rings is 2. The van der Waals surface area contributed by atoms with Gasteiger partial charge in [-0.25, -0.2) is 5.01 Å². The molecule has 2 atom stereocenters. The number of fused-ring (bicyclic) bond motifs is 3. The van der Waals surface area contributed by atoms with E-state index in [9.17, 15) is 5.11 Å². The molecule has 0 radical (unpaired) electrons. The van der Waals surface area contributed by atoms with Crippen LogP contribution in [0.4, 0.5) is 0 Å². The van der Waals surface area contributed by atoms with Crippen LogP contribution in [0.25, 0.3) is 0 Å². The average molecular weight is 376 g/mol. The SMILES string of the molecule is COc1cccc2c1O[C@@H](c1ccco1)N1N=C(c3cc(C)ccc3O)C[C@H]21. The van der Waals surface area contributed by atoms with Crippen molar-refractivity contribution in [2.45, 2.75) is 25.6 Å². The average Bonchev–Trinajstić information content (AvgIpc) is 3.39. The van der Waals surface area contributed by atoms with Crippen LogP contribution in [-0.4, -0.2) is 22.9 Å². The van der Waals surface area contributed by atoms with Gasteiger partial charge in [0.25, 0.3) is 0 Å². The van der Waals surface area contributed by atoms with Gasteiger partial charge in [0.2, 0.25) is 6.23 Å². The lowest BCUT2D eigenvalue weighted by atomic mass is 9.95. The molecule has 0 saturated carbocycles. The van der Waals surface area contributed by atoms with Crippen molar-refractivity contribution in [1.29, 1.82) is 0 Å². The van der Waals surface area contributed by atoms with Crippen LogP contribution in [0.5, 0.6) is 17.2 Å². The van der Waals surface area contributed by atoms with Crippen LogP contribution in [0.1, 0.15) is 41.1 Å². The van der Waals surface area contributed by atoms with E-state index in [0.29, 0.717) is 23.7 Å². The first-order valence-corrected chi connectivity index (χ1v) is 9.18. The number of para-hydroxylation sites is 1. The van der Waals surface area contributed by atoms with E-state index < -0.39 is 6.23 Å². The van der Waals surface area contributed by atoms with Gasteiger partial charge in [0, 0.05) is 17.5 Å². The van der Waals surface area contributed by atoms with Gasteiger partial charge in [-0.1, -0.05) is 23.8 Å². The van der Waals surface area contributed by atoms with Gasteiger partial charge >= 0.3 is 0 Å². The number of rotatable bonds is 3. The summed E-state index contributed by atoms with van der Waals surface area (Å²) in [6.45, 7) is 2.00. The molecule has 0 fully saturated rings. The second kappa shape index (κ2) is 6.34. The Morgan fingerprint density at radius 2 is 2.07 bits per heavy atom. The number of hydrogen-bond donors (Lipinski definition) is 1. The van der Waals surface area contributed by atoms with Crippen molar-refractivity contribution in [3.8, 4) is 17.2 Å². The van der Waals surface area contributed by atoms with Crippen LogP contribution in [0.15, 0.2) is 64.3 Å². The molecule has 1 N–H and O–H groups in total. The number of methoxy groups -OCH3 is 1. The summed E-state index contributed by atoms with van der Waals surface area (Å²) < 4.78 is 17.4. The first-order chi connectivity index (χ1) is 13.7. The maximum atomic E-state index is 10.4. The van der Waals surface area contributed by atoms with Crippen molar-refractivity contribution in [3.63, 3.8) is 0 Å². The monoisotopic (exact) mass is 376 g/mol. The molecule has 0 aliphatic carbocycles. The summed E-state index contributed by atoms with van der Waals surface area (Å²) in [7, 11) is 1.63. The third-order valence-corrected chi connectivity index (χ3v) is 5.25. The molecule has 3 aromatic rings. The van der Waals surface area contributed by atoms with Crippen molar-refractivity contribution in [2.24, 2.45) is 5.10 Å². The number of aromatic hydroxyl groups is 1. The second-order valence-electron chi connectivity index (χ2n) is 7.03. The van der Waals surface area contributed by atoms with Crippen LogP contribution in [0, 0.1) is 6.92 Å². The molecule has 2 aliphatic heterocycles. The molecule has 0 unspecified atom stereocenters. The number of phenolic OH excluding ortho intramolecular Hbond substituents is 1. The van der Waals surface area contributed by atoms with E-state index in [2.05, 4.69) is 0 Å². The van der Waals surface area contributed by atoms with Gasteiger partial charge < -0.3 is 19.0 Å². The number of hydrogen-bond acceptors (Lipinski definition) is 6. The Kier molecular flexibility index (Phi) is 3.79. The highest BCUT2D eigenvalue weighted by molar-refractivity contribution is 6.04. The van der Waals surface area contributed by atoms with Gasteiger partial charge in [0.1, 0.15) is 5.75 Å². The molecule has 28 heavy (non-hydrogen) atoms. The van der Waals surface area contributed by atoms with Crippen molar-refractivity contribution in [2.75, 3.05) is 7.11 Å². The molecule has 2 aromatic carbocycles. The number of nitrogens with zero attached hydrogens (tertiary/aromatic N) is 2. The van der Waals surface area contributed by atoms with E-state index in [0.717, 1.165) is 22.4 Å². The molecule has 0 spiro atoms. The highest BCUT2D eigenvalue weighted by atomic mass is 16.5. The van der Waals surface area contributed by atoms with Gasteiger partial charge in [-0.05, 0) is 37.3 Å². The predicted octanol–water partition coefficient (Wildman–Crippen LogP) is 4.54. The lowest BCUT2D eigenvalue weighted by Crippen LogP contribution is -2.33. The third kappa shape index (κ3) is 2.52. The summed E-state index contributed by atoms with van der Waals surface area (Å²) in [5.74, 6) is 2.28. The first-order valence-electron chi connectivity index (χ1n) is 9.18. The van der Waals surface area contributed by atoms with E-state index in [4.69, 9.17) is 19.0 Å². The molecule has 142 valence electrons. The van der Waals surface area contributed by atoms with Gasteiger partial charge in [0.15, 0.2) is 17.3 Å². The minimum Gasteiger partial charge on any atom is -0.507 e. The number of furan rings is 1. The summed E-state index contributed by atoms with van der Waals surface area (Å²) in [4.78, 5) is 0. The van der Waals surface area contributed by atoms with E-state index >= 15 is 0 Å². The molecular weight excluding hydrogens is 356 g/mol. The molecule has 0 saturated heterocycles. The molecular formula is C22H20N2O4. The Balaban J connectivity index is 1.64. The normalized spacial score (nSPS) is 20.2. The Labute approximate surface area is 162 Å². The smallest absolute Gasteiger partial charge is 0.246 e. The van der Waals surface area contributed by atoms with Crippen molar-refractivity contribution < 1.29 is 19.0 Å². The molecule has 6 nitrogen and oxygen atoms in total. The lowest BCUT2D eigenvalue weighted by Gasteiger charge is -2.37. The Morgan fingerprint density at radius 3 is 2.86 bits per heavy atom. The number of aryl methyl sites for hydroxylation is 1. The minimum atomic E-state index is -0.506. The number of phenols is 1. The van der Waals surface area contributed by atoms with E-state index in [1.807, 2.05) is 54.4 Å². The quantitative estimate of drug-likeness (QED) is 0.727. The summed E-state index contributed by atoms with van der Waals surface area (Å²) in [5.41, 5.74) is 3.65. The Morgan fingerprint density at radius 1 is 1.18 bits per heavy atom.